The number of likely N-dealkylation sites (N-methyl/N-ethyl adjacent to an activating group) is 2. The predicted octanol–water partition coefficient (Wildman–Crippen LogP) is 3.61. The molecular weight excluding hydrogens is 256 g/mol. The van der Waals surface area contributed by atoms with Gasteiger partial charge in [-0.25, -0.2) is 0 Å². The van der Waals surface area contributed by atoms with Crippen LogP contribution >= 0.6 is 0 Å². The van der Waals surface area contributed by atoms with Gasteiger partial charge in [-0.1, -0.05) is 55.0 Å². The molecular formula is C19H26N2. The molecule has 0 radical (unpaired) electrons. The van der Waals surface area contributed by atoms with Gasteiger partial charge in [-0.05, 0) is 31.7 Å². The van der Waals surface area contributed by atoms with Gasteiger partial charge in [0.25, 0.3) is 0 Å². The smallest absolute Gasteiger partial charge is 0.0364 e. The van der Waals surface area contributed by atoms with E-state index in [9.17, 15) is 0 Å². The van der Waals surface area contributed by atoms with Gasteiger partial charge in [-0.3, -0.25) is 0 Å². The third-order valence-electron chi connectivity index (χ3n) is 4.10. The summed E-state index contributed by atoms with van der Waals surface area (Å²) in [6.45, 7) is 6.37. The van der Waals surface area contributed by atoms with E-state index in [0.717, 1.165) is 13.1 Å². The van der Waals surface area contributed by atoms with E-state index < -0.39 is 0 Å². The summed E-state index contributed by atoms with van der Waals surface area (Å²) in [5.41, 5.74) is 4.01. The molecule has 2 aromatic carbocycles. The third-order valence-corrected chi connectivity index (χ3v) is 4.10. The van der Waals surface area contributed by atoms with E-state index in [-0.39, 0.29) is 5.41 Å². The number of hydrogen-bond acceptors (Lipinski definition) is 2. The second-order valence-corrected chi connectivity index (χ2v) is 6.15. The summed E-state index contributed by atoms with van der Waals surface area (Å²) in [5.74, 6) is 0. The topological polar surface area (TPSA) is 15.3 Å². The fraction of sp³-hybridized carbons (Fsp3) is 0.368. The van der Waals surface area contributed by atoms with Crippen LogP contribution in [-0.2, 0) is 5.41 Å². The normalized spacial score (nSPS) is 13.7. The molecule has 0 saturated carbocycles. The zero-order valence-electron chi connectivity index (χ0n) is 13.6. The van der Waals surface area contributed by atoms with Gasteiger partial charge < -0.3 is 10.2 Å². The van der Waals surface area contributed by atoms with E-state index in [4.69, 9.17) is 0 Å². The average Bonchev–Trinajstić information content (AvgIpc) is 2.49. The minimum atomic E-state index is 0.0790. The largest absolute Gasteiger partial charge is 0.374 e. The van der Waals surface area contributed by atoms with Gasteiger partial charge >= 0.3 is 0 Å². The zero-order chi connectivity index (χ0) is 15.3. The van der Waals surface area contributed by atoms with Gasteiger partial charge in [0.15, 0.2) is 0 Å². The molecule has 1 atom stereocenters. The molecule has 0 aromatic heterocycles. The minimum absolute atomic E-state index is 0.0790. The van der Waals surface area contributed by atoms with Crippen LogP contribution in [0.3, 0.4) is 0 Å². The molecule has 0 amide bonds. The summed E-state index contributed by atoms with van der Waals surface area (Å²) < 4.78 is 0. The first kappa shape index (κ1) is 15.6. The van der Waals surface area contributed by atoms with Crippen LogP contribution in [0.15, 0.2) is 54.6 Å². The van der Waals surface area contributed by atoms with E-state index in [1.807, 2.05) is 7.05 Å². The Bertz CT molecular complexity index is 548. The lowest BCUT2D eigenvalue weighted by Crippen LogP contribution is -2.43. The Balaban J connectivity index is 2.21. The standard InChI is InChI=1S/C19H26N2/c1-16-10-12-18(13-11-16)21(4)15-19(2,14-20-3)17-8-6-5-7-9-17/h5-13,20H,14-15H2,1-4H3. The molecule has 0 fully saturated rings. The number of nitrogens with one attached hydrogen (secondary N) is 1. The van der Waals surface area contributed by atoms with Crippen LogP contribution in [0.4, 0.5) is 5.69 Å². The van der Waals surface area contributed by atoms with Crippen LogP contribution in [0.25, 0.3) is 0 Å². The van der Waals surface area contributed by atoms with Crippen LogP contribution in [0.5, 0.6) is 0 Å². The van der Waals surface area contributed by atoms with Crippen molar-refractivity contribution in [2.75, 3.05) is 32.1 Å². The molecule has 0 saturated heterocycles. The van der Waals surface area contributed by atoms with Crippen molar-refractivity contribution >= 4 is 5.69 Å². The lowest BCUT2D eigenvalue weighted by molar-refractivity contribution is 0.451. The summed E-state index contributed by atoms with van der Waals surface area (Å²) in [5, 5.41) is 3.35. The molecule has 0 aliphatic rings. The number of aryl methyl sites for hydroxylation is 1. The van der Waals surface area contributed by atoms with Gasteiger partial charge in [0.2, 0.25) is 0 Å². The molecule has 0 aliphatic carbocycles. The minimum Gasteiger partial charge on any atom is -0.374 e. The Labute approximate surface area is 128 Å². The lowest BCUT2D eigenvalue weighted by Gasteiger charge is -2.35. The van der Waals surface area contributed by atoms with Crippen molar-refractivity contribution in [2.24, 2.45) is 0 Å². The Hall–Kier alpha value is -1.80. The van der Waals surface area contributed by atoms with Crippen molar-refractivity contribution in [2.45, 2.75) is 19.3 Å². The van der Waals surface area contributed by atoms with Crippen molar-refractivity contribution < 1.29 is 0 Å². The molecule has 112 valence electrons. The molecule has 2 heteroatoms. The molecule has 0 bridgehead atoms. The molecule has 0 heterocycles. The van der Waals surface area contributed by atoms with Gasteiger partial charge in [0, 0.05) is 31.2 Å². The Morgan fingerprint density at radius 1 is 1.00 bits per heavy atom. The van der Waals surface area contributed by atoms with Crippen LogP contribution in [0.2, 0.25) is 0 Å². The van der Waals surface area contributed by atoms with Gasteiger partial charge in [0.1, 0.15) is 0 Å². The molecule has 2 rings (SSSR count). The highest BCUT2D eigenvalue weighted by molar-refractivity contribution is 5.48. The molecule has 2 aromatic rings. The van der Waals surface area contributed by atoms with Crippen molar-refractivity contribution in [3.8, 4) is 0 Å². The Kier molecular flexibility index (Phi) is 5.03. The van der Waals surface area contributed by atoms with Crippen molar-refractivity contribution in [3.63, 3.8) is 0 Å². The molecule has 0 spiro atoms. The average molecular weight is 282 g/mol. The van der Waals surface area contributed by atoms with Crippen molar-refractivity contribution in [1.29, 1.82) is 0 Å². The maximum atomic E-state index is 3.35. The highest BCUT2D eigenvalue weighted by Crippen LogP contribution is 2.26. The van der Waals surface area contributed by atoms with Gasteiger partial charge in [-0.2, -0.15) is 0 Å². The van der Waals surface area contributed by atoms with Gasteiger partial charge in [-0.15, -0.1) is 0 Å². The summed E-state index contributed by atoms with van der Waals surface area (Å²) in [6.07, 6.45) is 0. The number of anilines is 1. The summed E-state index contributed by atoms with van der Waals surface area (Å²) >= 11 is 0. The first-order chi connectivity index (χ1) is 10.0. The molecule has 1 N–H and O–H groups in total. The highest BCUT2D eigenvalue weighted by Gasteiger charge is 2.27. The van der Waals surface area contributed by atoms with Crippen LogP contribution in [-0.4, -0.2) is 27.2 Å². The van der Waals surface area contributed by atoms with Crippen LogP contribution in [0, 0.1) is 6.92 Å². The number of rotatable bonds is 6. The fourth-order valence-corrected chi connectivity index (χ4v) is 2.89. The van der Waals surface area contributed by atoms with E-state index >= 15 is 0 Å². The molecule has 1 unspecified atom stereocenters. The molecule has 0 aliphatic heterocycles. The highest BCUT2D eigenvalue weighted by atomic mass is 15.1. The van der Waals surface area contributed by atoms with Crippen molar-refractivity contribution in [3.05, 3.63) is 65.7 Å². The number of hydrogen-bond donors (Lipinski definition) is 1. The van der Waals surface area contributed by atoms with E-state index in [1.165, 1.54) is 16.8 Å². The van der Waals surface area contributed by atoms with Crippen molar-refractivity contribution in [1.82, 2.24) is 5.32 Å². The maximum Gasteiger partial charge on any atom is 0.0364 e. The van der Waals surface area contributed by atoms with E-state index in [0.29, 0.717) is 0 Å². The molecule has 2 nitrogen and oxygen atoms in total. The maximum absolute atomic E-state index is 3.35. The summed E-state index contributed by atoms with van der Waals surface area (Å²) in [6, 6.07) is 19.5. The second kappa shape index (κ2) is 6.77. The molecule has 21 heavy (non-hydrogen) atoms. The quantitative estimate of drug-likeness (QED) is 0.870. The van der Waals surface area contributed by atoms with Crippen LogP contribution < -0.4 is 10.2 Å². The monoisotopic (exact) mass is 282 g/mol. The zero-order valence-corrected chi connectivity index (χ0v) is 13.6. The van der Waals surface area contributed by atoms with Gasteiger partial charge in [0.05, 0.1) is 0 Å². The second-order valence-electron chi connectivity index (χ2n) is 6.15. The first-order valence-corrected chi connectivity index (χ1v) is 7.53. The number of nitrogens with zero attached hydrogens (tertiary/aromatic N) is 1. The Morgan fingerprint density at radius 2 is 1.62 bits per heavy atom. The number of benzene rings is 2. The van der Waals surface area contributed by atoms with E-state index in [1.54, 1.807) is 0 Å². The fourth-order valence-electron chi connectivity index (χ4n) is 2.89. The SMILES string of the molecule is CNCC(C)(CN(C)c1ccc(C)cc1)c1ccccc1. The summed E-state index contributed by atoms with van der Waals surface area (Å²) in [7, 11) is 4.19. The third kappa shape index (κ3) is 3.85. The summed E-state index contributed by atoms with van der Waals surface area (Å²) in [4.78, 5) is 2.34. The first-order valence-electron chi connectivity index (χ1n) is 7.53. The Morgan fingerprint density at radius 3 is 2.19 bits per heavy atom. The van der Waals surface area contributed by atoms with Crippen LogP contribution in [0.1, 0.15) is 18.1 Å². The van der Waals surface area contributed by atoms with E-state index in [2.05, 4.69) is 85.7 Å². The lowest BCUT2D eigenvalue weighted by atomic mass is 9.81. The predicted molar refractivity (Wildman–Crippen MR) is 92.2 cm³/mol.